The molecule has 516 valence electrons. The number of aromatic nitrogens is 2. The van der Waals surface area contributed by atoms with Gasteiger partial charge in [-0.05, 0) is 139 Å². The molecule has 6 aliphatic rings. The van der Waals surface area contributed by atoms with E-state index in [-0.39, 0.29) is 67.0 Å². The maximum absolute atomic E-state index is 13.9. The Morgan fingerprint density at radius 3 is 2.27 bits per heavy atom. The Balaban J connectivity index is 0.624. The number of nitriles is 1. The van der Waals surface area contributed by atoms with Gasteiger partial charge in [0.2, 0.25) is 17.5 Å². The number of anilines is 1. The van der Waals surface area contributed by atoms with Crippen LogP contribution in [-0.4, -0.2) is 120 Å². The summed E-state index contributed by atoms with van der Waals surface area (Å²) in [5.41, 5.74) is 11.1. The van der Waals surface area contributed by atoms with Crippen LogP contribution in [0.2, 0.25) is 0 Å². The van der Waals surface area contributed by atoms with Gasteiger partial charge < -0.3 is 43.5 Å². The summed E-state index contributed by atoms with van der Waals surface area (Å²) in [7, 11) is -0.142. The number of amides is 2. The number of hydrogen-bond donors (Lipinski definition) is 3. The zero-order chi connectivity index (χ0) is 68.3. The molecule has 5 aromatic carbocycles. The Bertz CT molecular complexity index is 4000. The lowest BCUT2D eigenvalue weighted by Gasteiger charge is -2.40. The summed E-state index contributed by atoms with van der Waals surface area (Å²) >= 11 is 0. The van der Waals surface area contributed by atoms with Gasteiger partial charge in [0.25, 0.3) is 14.1 Å². The first-order valence-electron chi connectivity index (χ1n) is 35.6. The number of fused-ring (bicyclic) bond motifs is 6. The van der Waals surface area contributed by atoms with Crippen LogP contribution in [0.25, 0.3) is 12.2 Å². The Labute approximate surface area is 578 Å². The molecular formula is C79H96N8O10P+. The lowest BCUT2D eigenvalue weighted by atomic mass is 9.71. The van der Waals surface area contributed by atoms with Gasteiger partial charge in [-0.1, -0.05) is 117 Å². The molecule has 0 saturated carbocycles. The fourth-order valence-electron chi connectivity index (χ4n) is 15.7. The fourth-order valence-corrected chi connectivity index (χ4v) is 17.5. The van der Waals surface area contributed by atoms with Crippen molar-refractivity contribution < 1.29 is 42.2 Å². The molecule has 6 atom stereocenters. The van der Waals surface area contributed by atoms with Gasteiger partial charge in [-0.2, -0.15) is 9.84 Å². The van der Waals surface area contributed by atoms with E-state index in [9.17, 15) is 24.4 Å². The monoisotopic (exact) mass is 1350 g/mol. The Kier molecular flexibility index (Phi) is 22.7. The molecule has 0 bridgehead atoms. The number of carbonyl (C=O) groups excluding carboxylic acids is 2. The minimum Gasteiger partial charge on any atom is -0.497 e. The lowest BCUT2D eigenvalue weighted by Crippen LogP contribution is -2.44. The molecule has 98 heavy (non-hydrogen) atoms. The van der Waals surface area contributed by atoms with Gasteiger partial charge in [-0.25, -0.2) is 9.46 Å². The van der Waals surface area contributed by atoms with Gasteiger partial charge in [0.1, 0.15) is 35.5 Å². The summed E-state index contributed by atoms with van der Waals surface area (Å²) in [6, 6.07) is 41.3. The Morgan fingerprint density at radius 1 is 0.867 bits per heavy atom. The molecule has 19 heteroatoms. The van der Waals surface area contributed by atoms with Gasteiger partial charge in [0.15, 0.2) is 12.3 Å². The SMILES string of the molecule is COc1ccc(C(OCC2O[C@@H](n3cc(/C=C/C(=O)NCCCCCCNC(=O)CCCCCC4(C)C5=[N+](CCC6Oc7c(cc8c9c7CCCN9CCC8)C=C56)c5ccccc54)c(=O)[nH]c3=O)C[C@H]2OP(OCCC#N)N(C(C)C)C(C)C)(c2ccccc2)c2ccccc2)cc1. The van der Waals surface area contributed by atoms with E-state index in [0.717, 1.165) is 113 Å². The number of aryl methyl sites for hydroxylation is 1. The molecule has 3 N–H and O–H groups in total. The average molecular weight is 1350 g/mol. The highest BCUT2D eigenvalue weighted by molar-refractivity contribution is 7.44. The molecule has 1 aromatic heterocycles. The molecule has 1 saturated heterocycles. The van der Waals surface area contributed by atoms with E-state index in [1.165, 1.54) is 80.7 Å². The highest BCUT2D eigenvalue weighted by Crippen LogP contribution is 2.53. The van der Waals surface area contributed by atoms with Crippen molar-refractivity contribution in [3.8, 4) is 17.6 Å². The van der Waals surface area contributed by atoms with E-state index in [4.69, 9.17) is 28.0 Å². The maximum Gasteiger partial charge on any atom is 0.330 e. The molecule has 4 unspecified atom stereocenters. The van der Waals surface area contributed by atoms with Gasteiger partial charge in [0, 0.05) is 98.2 Å². The number of nitrogens with one attached hydrogen (secondary N) is 3. The van der Waals surface area contributed by atoms with E-state index in [0.29, 0.717) is 25.3 Å². The largest absolute Gasteiger partial charge is 0.497 e. The number of para-hydroxylation sites is 1. The number of aromatic amines is 1. The topological polar surface area (TPSA) is 202 Å². The van der Waals surface area contributed by atoms with Gasteiger partial charge in [0.05, 0.1) is 55.5 Å². The highest BCUT2D eigenvalue weighted by atomic mass is 31.2. The lowest BCUT2D eigenvalue weighted by molar-refractivity contribution is -0.444. The van der Waals surface area contributed by atoms with Crippen LogP contribution in [0, 0.1) is 11.3 Å². The molecule has 6 aliphatic heterocycles. The Morgan fingerprint density at radius 2 is 1.55 bits per heavy atom. The van der Waals surface area contributed by atoms with Crippen molar-refractivity contribution in [3.63, 3.8) is 0 Å². The van der Waals surface area contributed by atoms with Gasteiger partial charge in [-0.3, -0.25) is 23.9 Å². The number of ether oxygens (including phenoxy) is 4. The number of rotatable bonds is 31. The quantitative estimate of drug-likeness (QED) is 0.0122. The van der Waals surface area contributed by atoms with Crippen LogP contribution in [-0.2, 0) is 52.0 Å². The first-order valence-corrected chi connectivity index (χ1v) is 36.8. The van der Waals surface area contributed by atoms with E-state index in [1.807, 2.05) is 84.9 Å². The van der Waals surface area contributed by atoms with Crippen molar-refractivity contribution in [3.05, 3.63) is 198 Å². The molecular weight excluding hydrogens is 1250 g/mol. The van der Waals surface area contributed by atoms with Gasteiger partial charge in [-0.15, -0.1) is 0 Å². The standard InChI is InChI=1S/C79H95N8O10P/c1-54(2)87(55(3)4)98(94-48-24-42-80)97-68-51-72(95-69(68)53-93-79(59-26-12-9-13-27-59,60-28-14-10-15-29-60)61-35-37-62(92-6)38-36-61)86-52-57(76(90)83-77(86)91)34-39-71(89)82-44-21-8-7-20-43-81-70(88)33-16-11-19-41-78(5)65-31-17-18-32-66(65)85-47-40-67-64(75(78)85)50-58-49-56-25-22-45-84-46-23-30-63(73(56)84)74(58)96-67/h9-10,12-15,17-18,26-29,31-32,34-39,49-50,52,54-55,67-69,72H,7-8,11,16,19-25,30,33,40-41,43-48,51,53H2,1-6H3,(H2-,81,82,83,88,89,90,91)/p+1/b39-34+/t67?,68-,69?,72-,78?,98?/m1/s1. The van der Waals surface area contributed by atoms with Crippen molar-refractivity contribution in [2.45, 2.75) is 185 Å². The molecule has 2 amide bonds. The minimum absolute atomic E-state index is 0.00563. The molecule has 12 rings (SSSR count). The number of benzene rings is 5. The molecule has 0 radical (unpaired) electrons. The van der Waals surface area contributed by atoms with Crippen LogP contribution in [0.4, 0.5) is 11.4 Å². The van der Waals surface area contributed by atoms with E-state index >= 15 is 0 Å². The van der Waals surface area contributed by atoms with Crippen LogP contribution < -0.4 is 36.3 Å². The maximum atomic E-state index is 13.9. The predicted molar refractivity (Wildman–Crippen MR) is 384 cm³/mol. The smallest absolute Gasteiger partial charge is 0.330 e. The van der Waals surface area contributed by atoms with Gasteiger partial charge >= 0.3 is 5.69 Å². The molecule has 7 heterocycles. The van der Waals surface area contributed by atoms with Crippen molar-refractivity contribution >= 4 is 49.6 Å². The van der Waals surface area contributed by atoms with Crippen LogP contribution in [0.3, 0.4) is 0 Å². The molecule has 0 spiro atoms. The average Bonchev–Trinajstić information content (AvgIpc) is 1.50. The van der Waals surface area contributed by atoms with Crippen molar-refractivity contribution in [1.82, 2.24) is 24.9 Å². The van der Waals surface area contributed by atoms with E-state index in [1.54, 1.807) is 7.11 Å². The number of nitrogens with zero attached hydrogens (tertiary/aromatic N) is 5. The number of H-pyrrole nitrogens is 1. The summed E-state index contributed by atoms with van der Waals surface area (Å²) in [4.78, 5) is 58.6. The summed E-state index contributed by atoms with van der Waals surface area (Å²) in [5, 5.41) is 15.6. The summed E-state index contributed by atoms with van der Waals surface area (Å²) < 4.78 is 46.3. The second-order valence-corrected chi connectivity index (χ2v) is 28.9. The second kappa shape index (κ2) is 31.9. The molecule has 0 aliphatic carbocycles. The minimum atomic E-state index is -1.77. The third-order valence-electron chi connectivity index (χ3n) is 20.3. The Hall–Kier alpha value is -8.01. The number of hydrogen-bond acceptors (Lipinski definition) is 13. The van der Waals surface area contributed by atoms with Crippen LogP contribution >= 0.6 is 8.53 Å². The first kappa shape index (κ1) is 69.9. The van der Waals surface area contributed by atoms with Crippen molar-refractivity contribution in [2.75, 3.05) is 57.9 Å². The van der Waals surface area contributed by atoms with Crippen molar-refractivity contribution in [2.24, 2.45) is 0 Å². The third-order valence-corrected chi connectivity index (χ3v) is 22.5. The first-order chi connectivity index (χ1) is 47.7. The van der Waals surface area contributed by atoms with E-state index in [2.05, 4.69) is 107 Å². The van der Waals surface area contributed by atoms with E-state index < -0.39 is 43.8 Å². The number of methoxy groups -OCH3 is 1. The summed E-state index contributed by atoms with van der Waals surface area (Å²) in [6.07, 6.45) is 17.8. The highest BCUT2D eigenvalue weighted by Gasteiger charge is 2.55. The van der Waals surface area contributed by atoms with Crippen LogP contribution in [0.1, 0.15) is 175 Å². The normalized spacial score (nSPS) is 20.3. The molecule has 1 fully saturated rings. The third kappa shape index (κ3) is 15.1. The second-order valence-electron chi connectivity index (χ2n) is 27.5. The number of carbonyl (C=O) groups is 2. The zero-order valence-corrected chi connectivity index (χ0v) is 58.7. The molecule has 18 nitrogen and oxygen atoms in total. The van der Waals surface area contributed by atoms with Crippen LogP contribution in [0.5, 0.6) is 11.5 Å². The van der Waals surface area contributed by atoms with Crippen molar-refractivity contribution in [1.29, 1.82) is 5.26 Å². The summed E-state index contributed by atoms with van der Waals surface area (Å²) in [6.45, 7) is 15.1. The molecule has 6 aromatic rings. The number of unbranched alkanes of at least 4 members (excludes halogenated alkanes) is 5. The predicted octanol–water partition coefficient (Wildman–Crippen LogP) is 13.3. The van der Waals surface area contributed by atoms with Crippen LogP contribution in [0.15, 0.2) is 143 Å². The fraction of sp³-hybridized carbons (Fsp3) is 0.468. The summed E-state index contributed by atoms with van der Waals surface area (Å²) in [5.74, 6) is 1.52. The zero-order valence-electron chi connectivity index (χ0n) is 57.8.